The van der Waals surface area contributed by atoms with Crippen LogP contribution in [0.25, 0.3) is 0 Å². The summed E-state index contributed by atoms with van der Waals surface area (Å²) in [4.78, 5) is 0. The number of benzene rings is 1. The molecule has 0 aromatic heterocycles. The highest BCUT2D eigenvalue weighted by molar-refractivity contribution is 6.18. The summed E-state index contributed by atoms with van der Waals surface area (Å²) in [6.45, 7) is 2.32. The number of methoxy groups -OCH3 is 1. The smallest absolute Gasteiger partial charge is 0.119 e. The maximum absolute atomic E-state index is 6.13. The number of halogens is 1. The van der Waals surface area contributed by atoms with Gasteiger partial charge < -0.3 is 14.2 Å². The van der Waals surface area contributed by atoms with E-state index in [1.165, 1.54) is 0 Å². The van der Waals surface area contributed by atoms with Crippen molar-refractivity contribution in [3.63, 3.8) is 0 Å². The average molecular weight is 285 g/mol. The Morgan fingerprint density at radius 3 is 2.37 bits per heavy atom. The maximum atomic E-state index is 6.13. The molecule has 1 aliphatic heterocycles. The van der Waals surface area contributed by atoms with Crippen LogP contribution in [0.15, 0.2) is 24.3 Å². The predicted octanol–water partition coefficient (Wildman–Crippen LogP) is 3.50. The van der Waals surface area contributed by atoms with Crippen LogP contribution in [-0.2, 0) is 4.74 Å². The van der Waals surface area contributed by atoms with E-state index < -0.39 is 0 Å². The summed E-state index contributed by atoms with van der Waals surface area (Å²) in [5, 5.41) is 0. The van der Waals surface area contributed by atoms with E-state index in [-0.39, 0.29) is 5.41 Å². The Bertz CT molecular complexity index is 371. The van der Waals surface area contributed by atoms with Crippen molar-refractivity contribution in [3.05, 3.63) is 24.3 Å². The van der Waals surface area contributed by atoms with E-state index in [0.717, 1.165) is 44.0 Å². The van der Waals surface area contributed by atoms with E-state index in [2.05, 4.69) is 0 Å². The monoisotopic (exact) mass is 284 g/mol. The van der Waals surface area contributed by atoms with Gasteiger partial charge in [-0.05, 0) is 48.9 Å². The topological polar surface area (TPSA) is 27.7 Å². The summed E-state index contributed by atoms with van der Waals surface area (Å²) in [6, 6.07) is 7.66. The number of alkyl halides is 1. The quantitative estimate of drug-likeness (QED) is 0.748. The van der Waals surface area contributed by atoms with Crippen LogP contribution in [0.5, 0.6) is 11.5 Å². The normalized spacial score (nSPS) is 18.0. The lowest BCUT2D eigenvalue weighted by atomic mass is 9.79. The Kier molecular flexibility index (Phi) is 5.34. The summed E-state index contributed by atoms with van der Waals surface area (Å²) in [5.74, 6) is 2.40. The number of hydrogen-bond acceptors (Lipinski definition) is 3. The lowest BCUT2D eigenvalue weighted by Gasteiger charge is -2.35. The van der Waals surface area contributed by atoms with Crippen LogP contribution in [0.1, 0.15) is 19.3 Å². The molecule has 0 N–H and O–H groups in total. The van der Waals surface area contributed by atoms with Crippen LogP contribution in [0.3, 0.4) is 0 Å². The van der Waals surface area contributed by atoms with Crippen molar-refractivity contribution in [2.75, 3.05) is 32.8 Å². The molecule has 0 radical (unpaired) electrons. The molecule has 0 unspecified atom stereocenters. The van der Waals surface area contributed by atoms with Gasteiger partial charge in [-0.15, -0.1) is 11.6 Å². The van der Waals surface area contributed by atoms with E-state index in [1.54, 1.807) is 7.11 Å². The molecule has 0 aliphatic carbocycles. The molecule has 1 saturated heterocycles. The van der Waals surface area contributed by atoms with Gasteiger partial charge in [-0.3, -0.25) is 0 Å². The van der Waals surface area contributed by atoms with E-state index in [0.29, 0.717) is 12.5 Å². The van der Waals surface area contributed by atoms with Crippen LogP contribution in [-0.4, -0.2) is 32.8 Å². The zero-order valence-electron chi connectivity index (χ0n) is 11.4. The molecular formula is C15H21ClO3. The number of ether oxygens (including phenoxy) is 3. The first-order chi connectivity index (χ1) is 9.28. The molecule has 1 aromatic carbocycles. The summed E-state index contributed by atoms with van der Waals surface area (Å²) in [5.41, 5.74) is 0.187. The summed E-state index contributed by atoms with van der Waals surface area (Å²) in [6.07, 6.45) is 3.04. The minimum Gasteiger partial charge on any atom is -0.497 e. The van der Waals surface area contributed by atoms with Gasteiger partial charge in [0, 0.05) is 19.1 Å². The zero-order chi connectivity index (χ0) is 13.6. The molecule has 0 bridgehead atoms. The first-order valence-corrected chi connectivity index (χ1v) is 7.22. The molecule has 3 nitrogen and oxygen atoms in total. The summed E-state index contributed by atoms with van der Waals surface area (Å²) in [7, 11) is 1.66. The first kappa shape index (κ1) is 14.5. The van der Waals surface area contributed by atoms with Crippen molar-refractivity contribution in [3.8, 4) is 11.5 Å². The van der Waals surface area contributed by atoms with Crippen molar-refractivity contribution >= 4 is 11.6 Å². The SMILES string of the molecule is COc1ccc(OCCC2(CCl)CCOCC2)cc1. The van der Waals surface area contributed by atoms with Crippen LogP contribution in [0.4, 0.5) is 0 Å². The minimum absolute atomic E-state index is 0.187. The van der Waals surface area contributed by atoms with Crippen LogP contribution in [0, 0.1) is 5.41 Å². The first-order valence-electron chi connectivity index (χ1n) is 6.69. The predicted molar refractivity (Wildman–Crippen MR) is 76.3 cm³/mol. The molecule has 0 amide bonds. The van der Waals surface area contributed by atoms with Crippen molar-refractivity contribution in [1.29, 1.82) is 0 Å². The van der Waals surface area contributed by atoms with Crippen molar-refractivity contribution in [2.24, 2.45) is 5.41 Å². The van der Waals surface area contributed by atoms with Gasteiger partial charge in [-0.2, -0.15) is 0 Å². The molecule has 106 valence electrons. The number of hydrogen-bond donors (Lipinski definition) is 0. The fourth-order valence-corrected chi connectivity index (χ4v) is 2.71. The average Bonchev–Trinajstić information content (AvgIpc) is 2.49. The Labute approximate surface area is 119 Å². The maximum Gasteiger partial charge on any atom is 0.119 e. The van der Waals surface area contributed by atoms with Crippen LogP contribution < -0.4 is 9.47 Å². The van der Waals surface area contributed by atoms with Gasteiger partial charge in [-0.1, -0.05) is 0 Å². The lowest BCUT2D eigenvalue weighted by molar-refractivity contribution is 0.0155. The molecule has 19 heavy (non-hydrogen) atoms. The summed E-state index contributed by atoms with van der Waals surface area (Å²) >= 11 is 6.13. The van der Waals surface area contributed by atoms with E-state index in [9.17, 15) is 0 Å². The second-order valence-electron chi connectivity index (χ2n) is 5.02. The van der Waals surface area contributed by atoms with Crippen molar-refractivity contribution in [2.45, 2.75) is 19.3 Å². The highest BCUT2D eigenvalue weighted by atomic mass is 35.5. The second-order valence-corrected chi connectivity index (χ2v) is 5.29. The molecule has 1 fully saturated rings. The fourth-order valence-electron chi connectivity index (χ4n) is 2.31. The molecule has 2 rings (SSSR count). The molecule has 4 heteroatoms. The standard InChI is InChI=1S/C15H21ClO3/c1-17-13-2-4-14(5-3-13)19-11-8-15(12-16)6-9-18-10-7-15/h2-5H,6-12H2,1H3. The molecule has 1 aromatic rings. The largest absolute Gasteiger partial charge is 0.497 e. The molecular weight excluding hydrogens is 264 g/mol. The van der Waals surface area contributed by atoms with Crippen molar-refractivity contribution < 1.29 is 14.2 Å². The van der Waals surface area contributed by atoms with Crippen LogP contribution in [0.2, 0.25) is 0 Å². The van der Waals surface area contributed by atoms with E-state index in [1.807, 2.05) is 24.3 Å². The van der Waals surface area contributed by atoms with E-state index in [4.69, 9.17) is 25.8 Å². The van der Waals surface area contributed by atoms with Gasteiger partial charge in [0.05, 0.1) is 13.7 Å². The second kappa shape index (κ2) is 7.01. The van der Waals surface area contributed by atoms with Gasteiger partial charge in [0.25, 0.3) is 0 Å². The highest BCUT2D eigenvalue weighted by Crippen LogP contribution is 2.35. The minimum atomic E-state index is 0.187. The molecule has 0 saturated carbocycles. The Morgan fingerprint density at radius 1 is 1.16 bits per heavy atom. The van der Waals surface area contributed by atoms with Gasteiger partial charge >= 0.3 is 0 Å². The van der Waals surface area contributed by atoms with E-state index >= 15 is 0 Å². The fraction of sp³-hybridized carbons (Fsp3) is 0.600. The van der Waals surface area contributed by atoms with Crippen molar-refractivity contribution in [1.82, 2.24) is 0 Å². The third kappa shape index (κ3) is 4.02. The Hall–Kier alpha value is -0.930. The zero-order valence-corrected chi connectivity index (χ0v) is 12.1. The highest BCUT2D eigenvalue weighted by Gasteiger charge is 2.31. The van der Waals surface area contributed by atoms with Gasteiger partial charge in [0.15, 0.2) is 0 Å². The van der Waals surface area contributed by atoms with Gasteiger partial charge in [0.1, 0.15) is 11.5 Å². The van der Waals surface area contributed by atoms with Gasteiger partial charge in [-0.25, -0.2) is 0 Å². The van der Waals surface area contributed by atoms with Gasteiger partial charge in [0.2, 0.25) is 0 Å². The summed E-state index contributed by atoms with van der Waals surface area (Å²) < 4.78 is 16.3. The van der Waals surface area contributed by atoms with Crippen LogP contribution >= 0.6 is 11.6 Å². The molecule has 1 heterocycles. The molecule has 0 atom stereocenters. The Balaban J connectivity index is 1.81. The third-order valence-electron chi connectivity index (χ3n) is 3.80. The molecule has 0 spiro atoms. The molecule has 1 aliphatic rings. The lowest BCUT2D eigenvalue weighted by Crippen LogP contribution is -2.32. The third-order valence-corrected chi connectivity index (χ3v) is 4.36. The Morgan fingerprint density at radius 2 is 1.79 bits per heavy atom. The number of rotatable bonds is 6.